The SMILES string of the molecule is Cl.NC1CC=CNC1=O. The van der Waals surface area contributed by atoms with Crippen LogP contribution in [0.25, 0.3) is 0 Å². The van der Waals surface area contributed by atoms with Crippen LogP contribution in [0.5, 0.6) is 0 Å². The number of nitrogens with one attached hydrogen (secondary N) is 1. The third-order valence-corrected chi connectivity index (χ3v) is 1.07. The highest BCUT2D eigenvalue weighted by molar-refractivity contribution is 5.85. The first kappa shape index (κ1) is 8.46. The molecule has 9 heavy (non-hydrogen) atoms. The fraction of sp³-hybridized carbons (Fsp3) is 0.400. The molecule has 0 aromatic rings. The van der Waals surface area contributed by atoms with E-state index in [9.17, 15) is 4.79 Å². The van der Waals surface area contributed by atoms with Crippen molar-refractivity contribution in [1.29, 1.82) is 0 Å². The van der Waals surface area contributed by atoms with Crippen LogP contribution in [-0.2, 0) is 4.79 Å². The smallest absolute Gasteiger partial charge is 0.241 e. The molecule has 0 radical (unpaired) electrons. The van der Waals surface area contributed by atoms with E-state index in [0.717, 1.165) is 0 Å². The standard InChI is InChI=1S/C5H8N2O.ClH/c6-4-2-1-3-7-5(4)8;/h1,3-4H,2,6H2,(H,7,8);1H. The van der Waals surface area contributed by atoms with Crippen molar-refractivity contribution in [2.75, 3.05) is 0 Å². The lowest BCUT2D eigenvalue weighted by Gasteiger charge is -2.10. The molecule has 0 saturated heterocycles. The van der Waals surface area contributed by atoms with Crippen LogP contribution in [0, 0.1) is 0 Å². The molecule has 3 N–H and O–H groups in total. The molecule has 0 aromatic heterocycles. The van der Waals surface area contributed by atoms with Crippen LogP contribution < -0.4 is 11.1 Å². The van der Waals surface area contributed by atoms with E-state index in [1.807, 2.05) is 6.08 Å². The van der Waals surface area contributed by atoms with Gasteiger partial charge >= 0.3 is 0 Å². The molecule has 1 aliphatic heterocycles. The highest BCUT2D eigenvalue weighted by Gasteiger charge is 2.12. The normalized spacial score (nSPS) is 24.6. The van der Waals surface area contributed by atoms with Gasteiger partial charge in [-0.2, -0.15) is 0 Å². The molecule has 0 saturated carbocycles. The Hall–Kier alpha value is -0.540. The maximum atomic E-state index is 10.5. The minimum atomic E-state index is -0.333. The Morgan fingerprint density at radius 3 is 2.78 bits per heavy atom. The molecule has 0 spiro atoms. The van der Waals surface area contributed by atoms with Crippen LogP contribution in [0.4, 0.5) is 0 Å². The highest BCUT2D eigenvalue weighted by Crippen LogP contribution is 1.94. The average molecular weight is 149 g/mol. The first-order valence-electron chi connectivity index (χ1n) is 2.51. The van der Waals surface area contributed by atoms with Crippen LogP contribution in [0.1, 0.15) is 6.42 Å². The Morgan fingerprint density at radius 2 is 2.44 bits per heavy atom. The van der Waals surface area contributed by atoms with Crippen molar-refractivity contribution in [1.82, 2.24) is 5.32 Å². The fourth-order valence-electron chi connectivity index (χ4n) is 0.570. The van der Waals surface area contributed by atoms with E-state index in [2.05, 4.69) is 5.32 Å². The van der Waals surface area contributed by atoms with Crippen LogP contribution in [0.2, 0.25) is 0 Å². The summed E-state index contributed by atoms with van der Waals surface area (Å²) >= 11 is 0. The highest BCUT2D eigenvalue weighted by atomic mass is 35.5. The molecule has 0 bridgehead atoms. The lowest BCUT2D eigenvalue weighted by molar-refractivity contribution is -0.121. The van der Waals surface area contributed by atoms with E-state index in [1.165, 1.54) is 0 Å². The van der Waals surface area contributed by atoms with E-state index in [-0.39, 0.29) is 24.4 Å². The van der Waals surface area contributed by atoms with Gasteiger partial charge in [0.1, 0.15) is 0 Å². The first-order chi connectivity index (χ1) is 3.80. The summed E-state index contributed by atoms with van der Waals surface area (Å²) in [5.74, 6) is -0.0903. The van der Waals surface area contributed by atoms with Gasteiger partial charge in [0.15, 0.2) is 0 Å². The molecule has 1 rings (SSSR count). The van der Waals surface area contributed by atoms with E-state index in [0.29, 0.717) is 6.42 Å². The molecule has 52 valence electrons. The Kier molecular flexibility index (Phi) is 3.27. The molecule has 0 aliphatic carbocycles. The zero-order chi connectivity index (χ0) is 5.98. The Bertz CT molecular complexity index is 135. The summed E-state index contributed by atoms with van der Waals surface area (Å²) in [4.78, 5) is 10.5. The lowest BCUT2D eigenvalue weighted by atomic mass is 10.2. The van der Waals surface area contributed by atoms with Gasteiger partial charge in [-0.05, 0) is 12.6 Å². The quantitative estimate of drug-likeness (QED) is 0.499. The Balaban J connectivity index is 0.000000640. The zero-order valence-corrected chi connectivity index (χ0v) is 5.65. The predicted molar refractivity (Wildman–Crippen MR) is 37.1 cm³/mol. The summed E-state index contributed by atoms with van der Waals surface area (Å²) < 4.78 is 0. The molecule has 1 unspecified atom stereocenters. The molecular formula is C5H9ClN2O. The van der Waals surface area contributed by atoms with Crippen molar-refractivity contribution in [3.63, 3.8) is 0 Å². The van der Waals surface area contributed by atoms with Gasteiger partial charge in [-0.3, -0.25) is 4.79 Å². The fourth-order valence-corrected chi connectivity index (χ4v) is 0.570. The molecule has 4 heteroatoms. The number of amides is 1. The molecule has 1 aliphatic rings. The van der Waals surface area contributed by atoms with Gasteiger partial charge in [-0.25, -0.2) is 0 Å². The van der Waals surface area contributed by atoms with Gasteiger partial charge in [-0.1, -0.05) is 6.08 Å². The summed E-state index contributed by atoms with van der Waals surface area (Å²) in [6.07, 6.45) is 4.11. The molecule has 1 heterocycles. The van der Waals surface area contributed by atoms with Gasteiger partial charge in [-0.15, -0.1) is 12.4 Å². The van der Waals surface area contributed by atoms with Crippen molar-refractivity contribution in [2.45, 2.75) is 12.5 Å². The summed E-state index contributed by atoms with van der Waals surface area (Å²) in [6, 6.07) is -0.333. The minimum absolute atomic E-state index is 0. The minimum Gasteiger partial charge on any atom is -0.332 e. The van der Waals surface area contributed by atoms with E-state index in [4.69, 9.17) is 5.73 Å². The van der Waals surface area contributed by atoms with Crippen LogP contribution >= 0.6 is 12.4 Å². The third-order valence-electron chi connectivity index (χ3n) is 1.07. The second-order valence-corrected chi connectivity index (χ2v) is 1.75. The van der Waals surface area contributed by atoms with Gasteiger partial charge in [0.2, 0.25) is 5.91 Å². The van der Waals surface area contributed by atoms with Crippen molar-refractivity contribution in [2.24, 2.45) is 5.73 Å². The van der Waals surface area contributed by atoms with Gasteiger partial charge in [0, 0.05) is 0 Å². The second kappa shape index (κ2) is 3.48. The Morgan fingerprint density at radius 1 is 1.78 bits per heavy atom. The zero-order valence-electron chi connectivity index (χ0n) is 4.83. The van der Waals surface area contributed by atoms with Crippen molar-refractivity contribution in [3.8, 4) is 0 Å². The van der Waals surface area contributed by atoms with Crippen LogP contribution in [-0.4, -0.2) is 11.9 Å². The number of rotatable bonds is 0. The van der Waals surface area contributed by atoms with Crippen molar-refractivity contribution >= 4 is 18.3 Å². The topological polar surface area (TPSA) is 55.1 Å². The first-order valence-corrected chi connectivity index (χ1v) is 2.51. The maximum absolute atomic E-state index is 10.5. The van der Waals surface area contributed by atoms with Crippen LogP contribution in [0.3, 0.4) is 0 Å². The molecule has 0 fully saturated rings. The van der Waals surface area contributed by atoms with Gasteiger partial charge in [0.05, 0.1) is 6.04 Å². The van der Waals surface area contributed by atoms with E-state index >= 15 is 0 Å². The molecule has 1 atom stereocenters. The summed E-state index contributed by atoms with van der Waals surface area (Å²) in [7, 11) is 0. The average Bonchev–Trinajstić information content (AvgIpc) is 1.77. The number of nitrogens with two attached hydrogens (primary N) is 1. The van der Waals surface area contributed by atoms with Crippen molar-refractivity contribution in [3.05, 3.63) is 12.3 Å². The van der Waals surface area contributed by atoms with Crippen molar-refractivity contribution < 1.29 is 4.79 Å². The maximum Gasteiger partial charge on any atom is 0.241 e. The predicted octanol–water partition coefficient (Wildman–Crippen LogP) is -0.231. The molecular weight excluding hydrogens is 140 g/mol. The monoisotopic (exact) mass is 148 g/mol. The third kappa shape index (κ3) is 2.03. The molecule has 0 aromatic carbocycles. The number of hydrogen-bond acceptors (Lipinski definition) is 2. The molecule has 1 amide bonds. The van der Waals surface area contributed by atoms with E-state index in [1.54, 1.807) is 6.20 Å². The lowest BCUT2D eigenvalue weighted by Crippen LogP contribution is -2.40. The number of hydrogen-bond donors (Lipinski definition) is 2. The number of halogens is 1. The van der Waals surface area contributed by atoms with Crippen LogP contribution in [0.15, 0.2) is 12.3 Å². The van der Waals surface area contributed by atoms with Gasteiger partial charge in [0.25, 0.3) is 0 Å². The largest absolute Gasteiger partial charge is 0.332 e. The summed E-state index contributed by atoms with van der Waals surface area (Å²) in [5.41, 5.74) is 5.31. The number of carbonyl (C=O) groups excluding carboxylic acids is 1. The summed E-state index contributed by atoms with van der Waals surface area (Å²) in [6.45, 7) is 0. The van der Waals surface area contributed by atoms with E-state index < -0.39 is 0 Å². The Labute approximate surface area is 59.7 Å². The second-order valence-electron chi connectivity index (χ2n) is 1.75. The van der Waals surface area contributed by atoms with Gasteiger partial charge < -0.3 is 11.1 Å². The summed E-state index contributed by atoms with van der Waals surface area (Å²) in [5, 5.41) is 2.49. The number of carbonyl (C=O) groups is 1. The molecule has 3 nitrogen and oxygen atoms in total.